The average Bonchev–Trinajstić information content (AvgIpc) is 2.93. The number of nitrogens with one attached hydrogen (secondary N) is 1. The highest BCUT2D eigenvalue weighted by Crippen LogP contribution is 2.32. The van der Waals surface area contributed by atoms with Crippen LogP contribution in [0.1, 0.15) is 5.56 Å². The molecular formula is C15H12N2O3. The van der Waals surface area contributed by atoms with Crippen molar-refractivity contribution in [3.8, 4) is 11.5 Å². The van der Waals surface area contributed by atoms with Gasteiger partial charge < -0.3 is 14.8 Å². The van der Waals surface area contributed by atoms with Crippen molar-refractivity contribution in [2.75, 3.05) is 12.1 Å². The summed E-state index contributed by atoms with van der Waals surface area (Å²) in [5.41, 5.74) is 0.866. The van der Waals surface area contributed by atoms with Gasteiger partial charge in [-0.2, -0.15) is 0 Å². The van der Waals surface area contributed by atoms with E-state index >= 15 is 0 Å². The van der Waals surface area contributed by atoms with E-state index < -0.39 is 0 Å². The van der Waals surface area contributed by atoms with E-state index in [0.717, 1.165) is 11.3 Å². The Balaban J connectivity index is 1.66. The Morgan fingerprint density at radius 2 is 2.10 bits per heavy atom. The number of carbonyl (C=O) groups is 1. The van der Waals surface area contributed by atoms with Crippen molar-refractivity contribution in [3.63, 3.8) is 0 Å². The van der Waals surface area contributed by atoms with Crippen LogP contribution in [0.25, 0.3) is 6.08 Å². The molecule has 0 radical (unpaired) electrons. The van der Waals surface area contributed by atoms with E-state index in [4.69, 9.17) is 9.47 Å². The van der Waals surface area contributed by atoms with Gasteiger partial charge in [0.05, 0.1) is 0 Å². The molecule has 1 N–H and O–H groups in total. The summed E-state index contributed by atoms with van der Waals surface area (Å²) in [6.45, 7) is 0.239. The lowest BCUT2D eigenvalue weighted by molar-refractivity contribution is -0.111. The summed E-state index contributed by atoms with van der Waals surface area (Å²) in [6, 6.07) is 10.8. The van der Waals surface area contributed by atoms with Crippen molar-refractivity contribution in [2.45, 2.75) is 0 Å². The van der Waals surface area contributed by atoms with Crippen LogP contribution in [0.15, 0.2) is 48.7 Å². The fourth-order valence-electron chi connectivity index (χ4n) is 1.79. The number of amides is 1. The van der Waals surface area contributed by atoms with Crippen LogP contribution in [0.4, 0.5) is 5.82 Å². The number of anilines is 1. The van der Waals surface area contributed by atoms with Crippen LogP contribution < -0.4 is 14.8 Å². The Bertz CT molecular complexity index is 653. The van der Waals surface area contributed by atoms with Gasteiger partial charge in [0.1, 0.15) is 5.82 Å². The number of hydrogen-bond acceptors (Lipinski definition) is 4. The summed E-state index contributed by atoms with van der Waals surface area (Å²) in [4.78, 5) is 15.7. The van der Waals surface area contributed by atoms with Crippen LogP contribution in [0.5, 0.6) is 11.5 Å². The normalized spacial score (nSPS) is 12.6. The zero-order valence-corrected chi connectivity index (χ0v) is 10.6. The number of rotatable bonds is 3. The smallest absolute Gasteiger partial charge is 0.249 e. The molecule has 0 fully saturated rings. The highest BCUT2D eigenvalue weighted by molar-refractivity contribution is 6.01. The van der Waals surface area contributed by atoms with Crippen molar-refractivity contribution < 1.29 is 14.3 Å². The lowest BCUT2D eigenvalue weighted by Gasteiger charge is -2.00. The van der Waals surface area contributed by atoms with Crippen LogP contribution in [-0.2, 0) is 4.79 Å². The first kappa shape index (κ1) is 12.2. The molecular weight excluding hydrogens is 256 g/mol. The third-order valence-electron chi connectivity index (χ3n) is 2.74. The number of aromatic nitrogens is 1. The Morgan fingerprint density at radius 1 is 1.20 bits per heavy atom. The van der Waals surface area contributed by atoms with Crippen molar-refractivity contribution >= 4 is 17.8 Å². The second-order valence-corrected chi connectivity index (χ2v) is 4.15. The number of carbonyl (C=O) groups excluding carboxylic acids is 1. The summed E-state index contributed by atoms with van der Waals surface area (Å²) in [5.74, 6) is 1.70. The maximum Gasteiger partial charge on any atom is 0.249 e. The van der Waals surface area contributed by atoms with Crippen molar-refractivity contribution in [3.05, 3.63) is 54.2 Å². The van der Waals surface area contributed by atoms with Gasteiger partial charge >= 0.3 is 0 Å². The van der Waals surface area contributed by atoms with E-state index in [9.17, 15) is 4.79 Å². The highest BCUT2D eigenvalue weighted by Gasteiger charge is 2.12. The van der Waals surface area contributed by atoms with E-state index in [1.165, 1.54) is 6.08 Å². The molecule has 100 valence electrons. The molecule has 1 aliphatic rings. The monoisotopic (exact) mass is 268 g/mol. The van der Waals surface area contributed by atoms with Gasteiger partial charge in [-0.3, -0.25) is 4.79 Å². The molecule has 20 heavy (non-hydrogen) atoms. The molecule has 0 saturated carbocycles. The largest absolute Gasteiger partial charge is 0.454 e. The van der Waals surface area contributed by atoms with Crippen LogP contribution in [0, 0.1) is 0 Å². The van der Waals surface area contributed by atoms with Gasteiger partial charge in [0.25, 0.3) is 0 Å². The predicted octanol–water partition coefficient (Wildman–Crippen LogP) is 2.46. The third kappa shape index (κ3) is 2.77. The molecule has 2 heterocycles. The topological polar surface area (TPSA) is 60.5 Å². The number of ether oxygens (including phenoxy) is 2. The van der Waals surface area contributed by atoms with E-state index in [1.807, 2.05) is 24.3 Å². The van der Waals surface area contributed by atoms with Gasteiger partial charge in [-0.15, -0.1) is 0 Å². The fourth-order valence-corrected chi connectivity index (χ4v) is 1.79. The first-order valence-corrected chi connectivity index (χ1v) is 6.11. The molecule has 1 aromatic heterocycles. The number of benzene rings is 1. The van der Waals surface area contributed by atoms with E-state index in [0.29, 0.717) is 11.6 Å². The first-order chi connectivity index (χ1) is 9.81. The Morgan fingerprint density at radius 3 is 2.95 bits per heavy atom. The molecule has 1 amide bonds. The first-order valence-electron chi connectivity index (χ1n) is 6.11. The summed E-state index contributed by atoms with van der Waals surface area (Å²) in [7, 11) is 0. The molecule has 0 saturated heterocycles. The van der Waals surface area contributed by atoms with Crippen LogP contribution in [0.2, 0.25) is 0 Å². The third-order valence-corrected chi connectivity index (χ3v) is 2.74. The maximum atomic E-state index is 11.7. The standard InChI is InChI=1S/C15H12N2O3/c18-15(17-14-3-1-2-8-16-14)7-5-11-4-6-12-13(9-11)20-10-19-12/h1-9H,10H2,(H,16,17,18)/b7-5+. The Kier molecular flexibility index (Phi) is 3.33. The predicted molar refractivity (Wildman–Crippen MR) is 74.5 cm³/mol. The number of fused-ring (bicyclic) bond motifs is 1. The summed E-state index contributed by atoms with van der Waals surface area (Å²) >= 11 is 0. The molecule has 0 bridgehead atoms. The zero-order valence-electron chi connectivity index (χ0n) is 10.6. The summed E-state index contributed by atoms with van der Waals surface area (Å²) < 4.78 is 10.5. The molecule has 5 nitrogen and oxygen atoms in total. The minimum absolute atomic E-state index is 0.235. The lowest BCUT2D eigenvalue weighted by atomic mass is 10.2. The number of hydrogen-bond donors (Lipinski definition) is 1. The van der Waals surface area contributed by atoms with E-state index in [1.54, 1.807) is 24.4 Å². The van der Waals surface area contributed by atoms with Crippen LogP contribution in [-0.4, -0.2) is 17.7 Å². The van der Waals surface area contributed by atoms with Gasteiger partial charge in [0.15, 0.2) is 11.5 Å². The second-order valence-electron chi connectivity index (χ2n) is 4.15. The SMILES string of the molecule is O=C(/C=C/c1ccc2c(c1)OCO2)Nc1ccccn1. The quantitative estimate of drug-likeness (QED) is 0.869. The zero-order chi connectivity index (χ0) is 13.8. The van der Waals surface area contributed by atoms with Gasteiger partial charge in [0.2, 0.25) is 12.7 Å². The molecule has 2 aromatic rings. The minimum atomic E-state index is -0.235. The minimum Gasteiger partial charge on any atom is -0.454 e. The summed E-state index contributed by atoms with van der Waals surface area (Å²) in [6.07, 6.45) is 4.78. The maximum absolute atomic E-state index is 11.7. The molecule has 1 aliphatic heterocycles. The molecule has 0 unspecified atom stereocenters. The van der Waals surface area contributed by atoms with E-state index in [2.05, 4.69) is 10.3 Å². The van der Waals surface area contributed by atoms with Gasteiger partial charge in [-0.25, -0.2) is 4.98 Å². The molecule has 0 spiro atoms. The summed E-state index contributed by atoms with van der Waals surface area (Å²) in [5, 5.41) is 2.67. The lowest BCUT2D eigenvalue weighted by Crippen LogP contribution is -2.08. The fraction of sp³-hybridized carbons (Fsp3) is 0.0667. The van der Waals surface area contributed by atoms with Crippen molar-refractivity contribution in [1.29, 1.82) is 0 Å². The molecule has 0 atom stereocenters. The second kappa shape index (κ2) is 5.44. The molecule has 1 aromatic carbocycles. The Hall–Kier alpha value is -2.82. The van der Waals surface area contributed by atoms with Crippen LogP contribution >= 0.6 is 0 Å². The molecule has 3 rings (SSSR count). The number of pyridine rings is 1. The van der Waals surface area contributed by atoms with Crippen molar-refractivity contribution in [1.82, 2.24) is 4.98 Å². The van der Waals surface area contributed by atoms with Gasteiger partial charge in [0, 0.05) is 12.3 Å². The average molecular weight is 268 g/mol. The Labute approximate surface area is 115 Å². The molecule has 5 heteroatoms. The highest BCUT2D eigenvalue weighted by atomic mass is 16.7. The van der Waals surface area contributed by atoms with Gasteiger partial charge in [-0.1, -0.05) is 12.1 Å². The van der Waals surface area contributed by atoms with Gasteiger partial charge in [-0.05, 0) is 35.9 Å². The van der Waals surface area contributed by atoms with Crippen LogP contribution in [0.3, 0.4) is 0 Å². The number of nitrogens with zero attached hydrogens (tertiary/aromatic N) is 1. The van der Waals surface area contributed by atoms with Crippen molar-refractivity contribution in [2.24, 2.45) is 0 Å². The van der Waals surface area contributed by atoms with E-state index in [-0.39, 0.29) is 12.7 Å². The molecule has 0 aliphatic carbocycles.